The molecule has 0 aliphatic rings. The maximum Gasteiger partial charge on any atom is 0.305 e. The van der Waals surface area contributed by atoms with Gasteiger partial charge in [-0.2, -0.15) is 0 Å². The second-order valence-electron chi connectivity index (χ2n) is 4.05. The SMILES string of the molecule is COC(=O)CCCCc1ccc2cncn2c1. The van der Waals surface area contributed by atoms with Crippen LogP contribution in [0.25, 0.3) is 5.52 Å². The molecule has 0 atom stereocenters. The number of hydrogen-bond donors (Lipinski definition) is 0. The van der Waals surface area contributed by atoms with Gasteiger partial charge in [-0.25, -0.2) is 4.98 Å². The fourth-order valence-corrected chi connectivity index (χ4v) is 1.81. The lowest BCUT2D eigenvalue weighted by Crippen LogP contribution is -2.00. The highest BCUT2D eigenvalue weighted by atomic mass is 16.5. The molecule has 0 aromatic carbocycles. The summed E-state index contributed by atoms with van der Waals surface area (Å²) in [6, 6.07) is 4.16. The second kappa shape index (κ2) is 5.48. The zero-order valence-corrected chi connectivity index (χ0v) is 9.93. The molecule has 0 bridgehead atoms. The highest BCUT2D eigenvalue weighted by Crippen LogP contribution is 2.09. The first-order valence-corrected chi connectivity index (χ1v) is 5.77. The van der Waals surface area contributed by atoms with Crippen molar-refractivity contribution in [1.82, 2.24) is 9.38 Å². The first-order valence-electron chi connectivity index (χ1n) is 5.77. The minimum atomic E-state index is -0.130. The molecule has 0 aliphatic carbocycles. The van der Waals surface area contributed by atoms with Crippen LogP contribution < -0.4 is 0 Å². The average Bonchev–Trinajstić information content (AvgIpc) is 2.81. The number of carbonyl (C=O) groups is 1. The number of aryl methyl sites for hydroxylation is 1. The Balaban J connectivity index is 1.84. The third-order valence-electron chi connectivity index (χ3n) is 2.79. The maximum absolute atomic E-state index is 10.9. The van der Waals surface area contributed by atoms with E-state index in [9.17, 15) is 4.79 Å². The molecule has 0 amide bonds. The Morgan fingerprint density at radius 3 is 3.12 bits per heavy atom. The smallest absolute Gasteiger partial charge is 0.305 e. The van der Waals surface area contributed by atoms with Crippen molar-refractivity contribution < 1.29 is 9.53 Å². The van der Waals surface area contributed by atoms with Crippen LogP contribution in [0.15, 0.2) is 30.9 Å². The van der Waals surface area contributed by atoms with Crippen LogP contribution in [0.1, 0.15) is 24.8 Å². The van der Waals surface area contributed by atoms with Gasteiger partial charge in [0.1, 0.15) is 0 Å². The Hall–Kier alpha value is -1.84. The molecule has 0 N–H and O–H groups in total. The van der Waals surface area contributed by atoms with Crippen molar-refractivity contribution in [3.8, 4) is 0 Å². The van der Waals surface area contributed by atoms with E-state index in [-0.39, 0.29) is 5.97 Å². The normalized spacial score (nSPS) is 10.6. The summed E-state index contributed by atoms with van der Waals surface area (Å²) in [5.74, 6) is -0.130. The van der Waals surface area contributed by atoms with Crippen LogP contribution >= 0.6 is 0 Å². The van der Waals surface area contributed by atoms with Gasteiger partial charge in [0.15, 0.2) is 0 Å². The minimum Gasteiger partial charge on any atom is -0.469 e. The van der Waals surface area contributed by atoms with E-state index in [0.29, 0.717) is 6.42 Å². The number of aromatic nitrogens is 2. The summed E-state index contributed by atoms with van der Waals surface area (Å²) < 4.78 is 6.61. The molecule has 4 heteroatoms. The summed E-state index contributed by atoms with van der Waals surface area (Å²) in [5, 5.41) is 0. The van der Waals surface area contributed by atoms with Gasteiger partial charge in [0.2, 0.25) is 0 Å². The Morgan fingerprint density at radius 2 is 2.29 bits per heavy atom. The summed E-state index contributed by atoms with van der Waals surface area (Å²) >= 11 is 0. The van der Waals surface area contributed by atoms with Crippen molar-refractivity contribution in [2.24, 2.45) is 0 Å². The van der Waals surface area contributed by atoms with Crippen molar-refractivity contribution in [1.29, 1.82) is 0 Å². The van der Waals surface area contributed by atoms with E-state index in [1.54, 1.807) is 6.33 Å². The number of unbranched alkanes of at least 4 members (excludes halogenated alkanes) is 1. The van der Waals surface area contributed by atoms with Gasteiger partial charge in [-0.1, -0.05) is 6.07 Å². The molecule has 2 aromatic rings. The molecule has 0 fully saturated rings. The van der Waals surface area contributed by atoms with Gasteiger partial charge >= 0.3 is 5.97 Å². The number of imidazole rings is 1. The highest BCUT2D eigenvalue weighted by Gasteiger charge is 2.01. The number of methoxy groups -OCH3 is 1. The van der Waals surface area contributed by atoms with E-state index >= 15 is 0 Å². The molecule has 90 valence electrons. The first-order chi connectivity index (χ1) is 8.29. The summed E-state index contributed by atoms with van der Waals surface area (Å²) in [6.45, 7) is 0. The quantitative estimate of drug-likeness (QED) is 0.586. The number of pyridine rings is 1. The molecule has 4 nitrogen and oxygen atoms in total. The Kier molecular flexibility index (Phi) is 3.75. The van der Waals surface area contributed by atoms with Gasteiger partial charge in [-0.05, 0) is 30.9 Å². The Morgan fingerprint density at radius 1 is 1.41 bits per heavy atom. The molecule has 0 saturated carbocycles. The maximum atomic E-state index is 10.9. The Labute approximate surface area is 100 Å². The van der Waals surface area contributed by atoms with Crippen molar-refractivity contribution in [3.63, 3.8) is 0 Å². The van der Waals surface area contributed by atoms with Crippen LogP contribution in [0.3, 0.4) is 0 Å². The topological polar surface area (TPSA) is 43.6 Å². The second-order valence-corrected chi connectivity index (χ2v) is 4.05. The van der Waals surface area contributed by atoms with Gasteiger partial charge < -0.3 is 9.14 Å². The lowest BCUT2D eigenvalue weighted by atomic mass is 10.1. The largest absolute Gasteiger partial charge is 0.469 e. The van der Waals surface area contributed by atoms with Crippen molar-refractivity contribution >= 4 is 11.5 Å². The van der Waals surface area contributed by atoms with Crippen molar-refractivity contribution in [2.45, 2.75) is 25.7 Å². The zero-order chi connectivity index (χ0) is 12.1. The minimum absolute atomic E-state index is 0.130. The van der Waals surface area contributed by atoms with Crippen LogP contribution in [0.5, 0.6) is 0 Å². The van der Waals surface area contributed by atoms with Gasteiger partial charge in [0.05, 0.1) is 25.2 Å². The van der Waals surface area contributed by atoms with Gasteiger partial charge in [-0.3, -0.25) is 4.79 Å². The van der Waals surface area contributed by atoms with Crippen LogP contribution in [0.2, 0.25) is 0 Å². The lowest BCUT2D eigenvalue weighted by molar-refractivity contribution is -0.140. The number of rotatable bonds is 5. The molecule has 0 saturated heterocycles. The highest BCUT2D eigenvalue weighted by molar-refractivity contribution is 5.68. The van der Waals surface area contributed by atoms with Crippen molar-refractivity contribution in [2.75, 3.05) is 7.11 Å². The van der Waals surface area contributed by atoms with E-state index in [2.05, 4.69) is 28.1 Å². The van der Waals surface area contributed by atoms with Crippen LogP contribution in [-0.2, 0) is 16.0 Å². The number of carbonyl (C=O) groups excluding carboxylic acids is 1. The van der Waals surface area contributed by atoms with E-state index < -0.39 is 0 Å². The lowest BCUT2D eigenvalue weighted by Gasteiger charge is -2.02. The molecule has 2 aromatic heterocycles. The fraction of sp³-hybridized carbons (Fsp3) is 0.385. The standard InChI is InChI=1S/C13H16N2O2/c1-17-13(16)5-3-2-4-11-6-7-12-8-14-10-15(12)9-11/h6-10H,2-5H2,1H3. The number of hydrogen-bond acceptors (Lipinski definition) is 3. The van der Waals surface area contributed by atoms with E-state index in [4.69, 9.17) is 0 Å². The van der Waals surface area contributed by atoms with E-state index in [1.165, 1.54) is 12.7 Å². The first kappa shape index (κ1) is 11.6. The molecule has 2 heterocycles. The average molecular weight is 232 g/mol. The molecule has 17 heavy (non-hydrogen) atoms. The van der Waals surface area contributed by atoms with Crippen LogP contribution in [0, 0.1) is 0 Å². The molecular weight excluding hydrogens is 216 g/mol. The predicted molar refractivity (Wildman–Crippen MR) is 64.8 cm³/mol. The molecular formula is C13H16N2O2. The summed E-state index contributed by atoms with van der Waals surface area (Å²) in [7, 11) is 1.43. The monoisotopic (exact) mass is 232 g/mol. The fourth-order valence-electron chi connectivity index (χ4n) is 1.81. The zero-order valence-electron chi connectivity index (χ0n) is 9.93. The number of esters is 1. The molecule has 0 radical (unpaired) electrons. The van der Waals surface area contributed by atoms with Gasteiger partial charge in [0.25, 0.3) is 0 Å². The molecule has 0 aliphatic heterocycles. The number of nitrogens with zero attached hydrogens (tertiary/aromatic N) is 2. The third-order valence-corrected chi connectivity index (χ3v) is 2.79. The summed E-state index contributed by atoms with van der Waals surface area (Å²) in [5.41, 5.74) is 2.36. The number of ether oxygens (including phenoxy) is 1. The molecule has 0 unspecified atom stereocenters. The van der Waals surface area contributed by atoms with Crippen molar-refractivity contribution in [3.05, 3.63) is 36.4 Å². The summed E-state index contributed by atoms with van der Waals surface area (Å²) in [4.78, 5) is 15.0. The van der Waals surface area contributed by atoms with Crippen LogP contribution in [0.4, 0.5) is 0 Å². The third kappa shape index (κ3) is 3.06. The van der Waals surface area contributed by atoms with Gasteiger partial charge in [-0.15, -0.1) is 0 Å². The predicted octanol–water partition coefficient (Wildman–Crippen LogP) is 2.22. The van der Waals surface area contributed by atoms with Gasteiger partial charge in [0, 0.05) is 12.6 Å². The summed E-state index contributed by atoms with van der Waals surface area (Å²) in [6.07, 6.45) is 9.06. The Bertz CT molecular complexity index is 505. The number of fused-ring (bicyclic) bond motifs is 1. The van der Waals surface area contributed by atoms with E-state index in [0.717, 1.165) is 24.8 Å². The van der Waals surface area contributed by atoms with Crippen LogP contribution in [-0.4, -0.2) is 22.5 Å². The molecule has 2 rings (SSSR count). The molecule has 0 spiro atoms. The van der Waals surface area contributed by atoms with E-state index in [1.807, 2.05) is 10.6 Å².